The number of hydrogen-bond donors (Lipinski definition) is 1. The molecule has 21 heavy (non-hydrogen) atoms. The summed E-state index contributed by atoms with van der Waals surface area (Å²) in [6, 6.07) is 5.33. The fourth-order valence-electron chi connectivity index (χ4n) is 2.52. The SMILES string of the molecule is CCCNC(CC)c1nc2cc(Cl)ccc2c(=O)n1CC. The lowest BCUT2D eigenvalue weighted by atomic mass is 10.1. The standard InChI is InChI=1S/C16H22ClN3O/c1-4-9-18-13(5-2)15-19-14-10-11(17)7-8-12(14)16(21)20(15)6-3/h7-8,10,13,18H,4-6,9H2,1-3H3. The molecule has 1 heterocycles. The van der Waals surface area contributed by atoms with Gasteiger partial charge in [-0.3, -0.25) is 9.36 Å². The van der Waals surface area contributed by atoms with Gasteiger partial charge in [0.25, 0.3) is 5.56 Å². The minimum atomic E-state index is 0.00548. The van der Waals surface area contributed by atoms with E-state index in [2.05, 4.69) is 19.2 Å². The highest BCUT2D eigenvalue weighted by Crippen LogP contribution is 2.19. The molecule has 0 aliphatic carbocycles. The van der Waals surface area contributed by atoms with Gasteiger partial charge in [0.2, 0.25) is 0 Å². The topological polar surface area (TPSA) is 46.9 Å². The lowest BCUT2D eigenvalue weighted by molar-refractivity contribution is 0.464. The molecule has 0 radical (unpaired) electrons. The van der Waals surface area contributed by atoms with E-state index in [1.807, 2.05) is 6.92 Å². The minimum absolute atomic E-state index is 0.00548. The van der Waals surface area contributed by atoms with Crippen LogP contribution in [0, 0.1) is 0 Å². The van der Waals surface area contributed by atoms with Crippen LogP contribution in [0.25, 0.3) is 10.9 Å². The molecule has 1 aromatic heterocycles. The van der Waals surface area contributed by atoms with Crippen LogP contribution in [0.2, 0.25) is 5.02 Å². The van der Waals surface area contributed by atoms with Gasteiger partial charge in [-0.05, 0) is 44.5 Å². The van der Waals surface area contributed by atoms with Crippen molar-refractivity contribution < 1.29 is 0 Å². The summed E-state index contributed by atoms with van der Waals surface area (Å²) in [5.74, 6) is 0.799. The van der Waals surface area contributed by atoms with Crippen LogP contribution >= 0.6 is 11.6 Å². The average Bonchev–Trinajstić information content (AvgIpc) is 2.48. The third kappa shape index (κ3) is 3.27. The van der Waals surface area contributed by atoms with Gasteiger partial charge < -0.3 is 5.32 Å². The number of benzene rings is 1. The molecule has 1 atom stereocenters. The molecule has 1 aromatic carbocycles. The smallest absolute Gasteiger partial charge is 0.261 e. The Hall–Kier alpha value is -1.39. The highest BCUT2D eigenvalue weighted by Gasteiger charge is 2.17. The molecule has 0 aliphatic heterocycles. The lowest BCUT2D eigenvalue weighted by Gasteiger charge is -2.20. The summed E-state index contributed by atoms with van der Waals surface area (Å²) >= 11 is 6.03. The van der Waals surface area contributed by atoms with E-state index in [-0.39, 0.29) is 11.6 Å². The summed E-state index contributed by atoms with van der Waals surface area (Å²) in [7, 11) is 0. The maximum atomic E-state index is 12.6. The van der Waals surface area contributed by atoms with Gasteiger partial charge in [-0.1, -0.05) is 25.4 Å². The monoisotopic (exact) mass is 307 g/mol. The molecule has 0 saturated carbocycles. The van der Waals surface area contributed by atoms with Crippen LogP contribution in [-0.2, 0) is 6.54 Å². The Bertz CT molecular complexity index is 681. The zero-order chi connectivity index (χ0) is 15.4. The molecule has 0 aliphatic rings. The van der Waals surface area contributed by atoms with Crippen molar-refractivity contribution in [2.24, 2.45) is 0 Å². The summed E-state index contributed by atoms with van der Waals surface area (Å²) in [5, 5.41) is 4.68. The molecule has 5 heteroatoms. The van der Waals surface area contributed by atoms with Crippen LogP contribution in [0.4, 0.5) is 0 Å². The average molecular weight is 308 g/mol. The number of fused-ring (bicyclic) bond motifs is 1. The predicted molar refractivity (Wildman–Crippen MR) is 88.0 cm³/mol. The maximum absolute atomic E-state index is 12.6. The van der Waals surface area contributed by atoms with E-state index < -0.39 is 0 Å². The van der Waals surface area contributed by atoms with Gasteiger partial charge in [0.05, 0.1) is 16.9 Å². The molecule has 1 unspecified atom stereocenters. The van der Waals surface area contributed by atoms with Crippen molar-refractivity contribution in [3.63, 3.8) is 0 Å². The lowest BCUT2D eigenvalue weighted by Crippen LogP contribution is -2.32. The van der Waals surface area contributed by atoms with Crippen LogP contribution in [0.5, 0.6) is 0 Å². The molecule has 4 nitrogen and oxygen atoms in total. The van der Waals surface area contributed by atoms with E-state index >= 15 is 0 Å². The molecule has 1 N–H and O–H groups in total. The molecule has 0 amide bonds. The van der Waals surface area contributed by atoms with Crippen LogP contribution in [0.15, 0.2) is 23.0 Å². The number of nitrogens with one attached hydrogen (secondary N) is 1. The van der Waals surface area contributed by atoms with Crippen molar-refractivity contribution in [3.8, 4) is 0 Å². The zero-order valence-electron chi connectivity index (χ0n) is 12.8. The van der Waals surface area contributed by atoms with Crippen molar-refractivity contribution in [1.29, 1.82) is 0 Å². The van der Waals surface area contributed by atoms with E-state index in [0.717, 1.165) is 25.2 Å². The second-order valence-electron chi connectivity index (χ2n) is 5.10. The fraction of sp³-hybridized carbons (Fsp3) is 0.500. The van der Waals surface area contributed by atoms with Gasteiger partial charge in [-0.25, -0.2) is 4.98 Å². The summed E-state index contributed by atoms with van der Waals surface area (Å²) < 4.78 is 1.76. The van der Waals surface area contributed by atoms with Crippen molar-refractivity contribution in [2.75, 3.05) is 6.54 Å². The van der Waals surface area contributed by atoms with Crippen LogP contribution < -0.4 is 10.9 Å². The normalized spacial score (nSPS) is 12.8. The minimum Gasteiger partial charge on any atom is -0.307 e. The van der Waals surface area contributed by atoms with Crippen LogP contribution in [0.1, 0.15) is 45.5 Å². The molecule has 0 bridgehead atoms. The number of halogens is 1. The second kappa shape index (κ2) is 7.05. The Kier molecular flexibility index (Phi) is 5.37. The Morgan fingerprint density at radius 2 is 2.10 bits per heavy atom. The van der Waals surface area contributed by atoms with Gasteiger partial charge in [0.15, 0.2) is 0 Å². The maximum Gasteiger partial charge on any atom is 0.261 e. The van der Waals surface area contributed by atoms with Crippen molar-refractivity contribution >= 4 is 22.5 Å². The summed E-state index contributed by atoms with van der Waals surface area (Å²) in [6.45, 7) is 7.72. The number of aromatic nitrogens is 2. The summed E-state index contributed by atoms with van der Waals surface area (Å²) in [6.07, 6.45) is 1.94. The Morgan fingerprint density at radius 1 is 1.33 bits per heavy atom. The van der Waals surface area contributed by atoms with Crippen LogP contribution in [0.3, 0.4) is 0 Å². The molecule has 0 saturated heterocycles. The summed E-state index contributed by atoms with van der Waals surface area (Å²) in [4.78, 5) is 17.3. The van der Waals surface area contributed by atoms with Crippen LogP contribution in [-0.4, -0.2) is 16.1 Å². The third-order valence-corrected chi connectivity index (χ3v) is 3.86. The molecule has 114 valence electrons. The van der Waals surface area contributed by atoms with E-state index in [4.69, 9.17) is 16.6 Å². The predicted octanol–water partition coefficient (Wildman–Crippen LogP) is 3.52. The quantitative estimate of drug-likeness (QED) is 0.888. The third-order valence-electron chi connectivity index (χ3n) is 3.62. The van der Waals surface area contributed by atoms with Crippen molar-refractivity contribution in [3.05, 3.63) is 39.4 Å². The van der Waals surface area contributed by atoms with E-state index in [1.54, 1.807) is 22.8 Å². The van der Waals surface area contributed by atoms with Gasteiger partial charge in [0.1, 0.15) is 5.82 Å². The number of nitrogens with zero attached hydrogens (tertiary/aromatic N) is 2. The molecule has 2 rings (SSSR count). The summed E-state index contributed by atoms with van der Waals surface area (Å²) in [5.41, 5.74) is 0.676. The largest absolute Gasteiger partial charge is 0.307 e. The fourth-order valence-corrected chi connectivity index (χ4v) is 2.69. The van der Waals surface area contributed by atoms with Crippen molar-refractivity contribution in [1.82, 2.24) is 14.9 Å². The number of hydrogen-bond acceptors (Lipinski definition) is 3. The highest BCUT2D eigenvalue weighted by atomic mass is 35.5. The molecule has 0 fully saturated rings. The van der Waals surface area contributed by atoms with Gasteiger partial charge >= 0.3 is 0 Å². The second-order valence-corrected chi connectivity index (χ2v) is 5.53. The van der Waals surface area contributed by atoms with Gasteiger partial charge in [-0.2, -0.15) is 0 Å². The zero-order valence-corrected chi connectivity index (χ0v) is 13.6. The van der Waals surface area contributed by atoms with Gasteiger partial charge in [-0.15, -0.1) is 0 Å². The molecule has 0 spiro atoms. The van der Waals surface area contributed by atoms with E-state index in [1.165, 1.54) is 0 Å². The van der Waals surface area contributed by atoms with E-state index in [0.29, 0.717) is 22.5 Å². The van der Waals surface area contributed by atoms with E-state index in [9.17, 15) is 4.79 Å². The Balaban J connectivity index is 2.63. The molecule has 2 aromatic rings. The molecular formula is C16H22ClN3O. The Labute approximate surface area is 130 Å². The highest BCUT2D eigenvalue weighted by molar-refractivity contribution is 6.31. The first kappa shape index (κ1) is 16.0. The Morgan fingerprint density at radius 3 is 2.71 bits per heavy atom. The number of rotatable bonds is 6. The van der Waals surface area contributed by atoms with Crippen molar-refractivity contribution in [2.45, 2.75) is 46.2 Å². The first-order chi connectivity index (χ1) is 10.1. The first-order valence-electron chi connectivity index (χ1n) is 7.55. The van der Waals surface area contributed by atoms with Gasteiger partial charge in [0, 0.05) is 11.6 Å². The molecular weight excluding hydrogens is 286 g/mol. The first-order valence-corrected chi connectivity index (χ1v) is 7.93.